The van der Waals surface area contributed by atoms with Gasteiger partial charge < -0.3 is 14.4 Å². The van der Waals surface area contributed by atoms with Crippen LogP contribution in [-0.2, 0) is 11.2 Å². The fourth-order valence-corrected chi connectivity index (χ4v) is 6.56. The minimum Gasteiger partial charge on any atom is -0.450 e. The summed E-state index contributed by atoms with van der Waals surface area (Å²) < 4.78 is 6.02. The van der Waals surface area contributed by atoms with Crippen molar-refractivity contribution in [2.45, 2.75) is 16.7 Å². The molecule has 0 unspecified atom stereocenters. The summed E-state index contributed by atoms with van der Waals surface area (Å²) in [5.74, 6) is 0.344. The Balaban J connectivity index is 1.15. The van der Waals surface area contributed by atoms with E-state index in [2.05, 4.69) is 21.0 Å². The van der Waals surface area contributed by atoms with E-state index in [9.17, 15) is 14.9 Å². The third-order valence-corrected chi connectivity index (χ3v) is 8.71. The summed E-state index contributed by atoms with van der Waals surface area (Å²) in [6.07, 6.45) is 4.29. The highest BCUT2D eigenvalue weighted by Gasteiger charge is 2.33. The lowest BCUT2D eigenvalue weighted by Crippen LogP contribution is -2.31. The lowest BCUT2D eigenvalue weighted by atomic mass is 10.1. The second-order valence-corrected chi connectivity index (χ2v) is 11.7. The van der Waals surface area contributed by atoms with Gasteiger partial charge in [0.2, 0.25) is 0 Å². The molecule has 1 fully saturated rings. The molecule has 4 heterocycles. The van der Waals surface area contributed by atoms with Crippen molar-refractivity contribution in [3.05, 3.63) is 117 Å². The van der Waals surface area contributed by atoms with Crippen LogP contribution < -0.4 is 0 Å². The van der Waals surface area contributed by atoms with Gasteiger partial charge in [-0.15, -0.1) is 0 Å². The van der Waals surface area contributed by atoms with Crippen LogP contribution in [0.5, 0.6) is 0 Å². The first kappa shape index (κ1) is 26.8. The first-order valence-electron chi connectivity index (χ1n) is 13.3. The monoisotopic (exact) mass is 606 g/mol. The molecule has 3 aromatic heterocycles. The highest BCUT2D eigenvalue weighted by Crippen LogP contribution is 2.36. The molecule has 1 aliphatic rings. The Morgan fingerprint density at radius 3 is 2.63 bits per heavy atom. The van der Waals surface area contributed by atoms with Crippen LogP contribution >= 0.6 is 23.5 Å². The Kier molecular flexibility index (Phi) is 7.05. The quantitative estimate of drug-likeness (QED) is 0.104. The lowest BCUT2D eigenvalue weighted by molar-refractivity contribution is -0.384. The largest absolute Gasteiger partial charge is 0.450 e. The molecule has 6 aromatic rings. The minimum atomic E-state index is -0.455. The second kappa shape index (κ2) is 11.3. The molecule has 0 radical (unpaired) electrons. The normalized spacial score (nSPS) is 15.4. The standard InChI is InChI=1S/C31H22N6O4S2/c38-29-27(17-22-13-14-28(41-22)43-30-34-25-7-3-4-8-26(25)35-30)42-31(33-20-9-11-21(12-10-20)37(39)40)36(29)16-15-19-18-32-24-6-2-1-5-23(19)24/h1-14,17-18,32H,15-16H2,(H,34,35)/b27-17-,33-31?. The number of aromatic nitrogens is 3. The number of thioether (sulfide) groups is 1. The van der Waals surface area contributed by atoms with Gasteiger partial charge in [0.15, 0.2) is 15.4 Å². The van der Waals surface area contributed by atoms with Crippen LogP contribution in [0.2, 0.25) is 0 Å². The van der Waals surface area contributed by atoms with Crippen LogP contribution in [0.25, 0.3) is 28.0 Å². The van der Waals surface area contributed by atoms with Crippen LogP contribution in [-0.4, -0.2) is 42.4 Å². The van der Waals surface area contributed by atoms with Gasteiger partial charge in [0.25, 0.3) is 11.6 Å². The molecule has 1 aliphatic heterocycles. The van der Waals surface area contributed by atoms with E-state index >= 15 is 0 Å². The van der Waals surface area contributed by atoms with E-state index in [1.165, 1.54) is 35.7 Å². The predicted octanol–water partition coefficient (Wildman–Crippen LogP) is 7.54. The number of nitrogens with one attached hydrogen (secondary N) is 2. The molecule has 7 rings (SSSR count). The van der Waals surface area contributed by atoms with Crippen molar-refractivity contribution in [3.63, 3.8) is 0 Å². The number of hydrogen-bond donors (Lipinski definition) is 2. The number of hydrogen-bond acceptors (Lipinski definition) is 8. The summed E-state index contributed by atoms with van der Waals surface area (Å²) in [6, 6.07) is 25.4. The molecule has 0 aliphatic carbocycles. The number of aromatic amines is 2. The van der Waals surface area contributed by atoms with Gasteiger partial charge in [-0.2, -0.15) is 0 Å². The molecule has 43 heavy (non-hydrogen) atoms. The van der Waals surface area contributed by atoms with Crippen LogP contribution in [0.4, 0.5) is 11.4 Å². The van der Waals surface area contributed by atoms with Gasteiger partial charge in [-0.3, -0.25) is 19.8 Å². The average molecular weight is 607 g/mol. The fourth-order valence-electron chi connectivity index (χ4n) is 4.79. The number of fused-ring (bicyclic) bond motifs is 2. The zero-order valence-corrected chi connectivity index (χ0v) is 24.0. The minimum absolute atomic E-state index is 0.0231. The van der Waals surface area contributed by atoms with Gasteiger partial charge in [-0.25, -0.2) is 9.98 Å². The van der Waals surface area contributed by atoms with Crippen LogP contribution in [0.3, 0.4) is 0 Å². The summed E-state index contributed by atoms with van der Waals surface area (Å²) in [6.45, 7) is 0.405. The first-order valence-corrected chi connectivity index (χ1v) is 15.0. The molecule has 3 aromatic carbocycles. The molecule has 10 nitrogen and oxygen atoms in total. The Morgan fingerprint density at radius 1 is 1.02 bits per heavy atom. The topological polar surface area (TPSA) is 133 Å². The Hall–Kier alpha value is -5.07. The maximum absolute atomic E-state index is 13.7. The number of aliphatic imine (C=N–C) groups is 1. The summed E-state index contributed by atoms with van der Waals surface area (Å²) >= 11 is 2.61. The van der Waals surface area contributed by atoms with Gasteiger partial charge in [-0.1, -0.05) is 30.3 Å². The van der Waals surface area contributed by atoms with E-state index in [1.54, 1.807) is 23.1 Å². The molecule has 0 saturated carbocycles. The fraction of sp³-hybridized carbons (Fsp3) is 0.0645. The molecular weight excluding hydrogens is 585 g/mol. The van der Waals surface area contributed by atoms with Crippen molar-refractivity contribution in [2.24, 2.45) is 4.99 Å². The summed E-state index contributed by atoms with van der Waals surface area (Å²) in [7, 11) is 0. The summed E-state index contributed by atoms with van der Waals surface area (Å²) in [4.78, 5) is 42.2. The number of rotatable bonds is 8. The Labute approximate surface area is 253 Å². The third kappa shape index (κ3) is 5.57. The van der Waals surface area contributed by atoms with Gasteiger partial charge in [0.05, 0.1) is 26.5 Å². The number of para-hydroxylation sites is 3. The molecule has 0 bridgehead atoms. The third-order valence-electron chi connectivity index (χ3n) is 6.89. The number of carbonyl (C=O) groups excluding carboxylic acids is 1. The molecule has 1 saturated heterocycles. The number of furan rings is 1. The number of imidazole rings is 1. The molecule has 1 amide bonds. The number of benzene rings is 3. The number of nitrogens with zero attached hydrogens (tertiary/aromatic N) is 4. The Morgan fingerprint density at radius 2 is 1.81 bits per heavy atom. The smallest absolute Gasteiger partial charge is 0.269 e. The maximum atomic E-state index is 13.7. The summed E-state index contributed by atoms with van der Waals surface area (Å²) in [5, 5.41) is 14.0. The highest BCUT2D eigenvalue weighted by atomic mass is 32.2. The number of H-pyrrole nitrogens is 2. The predicted molar refractivity (Wildman–Crippen MR) is 168 cm³/mol. The number of nitro benzene ring substituents is 1. The van der Waals surface area contributed by atoms with Crippen molar-refractivity contribution < 1.29 is 14.1 Å². The van der Waals surface area contributed by atoms with Crippen molar-refractivity contribution in [2.75, 3.05) is 6.54 Å². The zero-order valence-electron chi connectivity index (χ0n) is 22.4. The van der Waals surface area contributed by atoms with Gasteiger partial charge in [0.1, 0.15) is 5.76 Å². The van der Waals surface area contributed by atoms with Crippen molar-refractivity contribution in [3.8, 4) is 0 Å². The van der Waals surface area contributed by atoms with Crippen molar-refractivity contribution in [1.29, 1.82) is 0 Å². The number of amidine groups is 1. The molecule has 2 N–H and O–H groups in total. The lowest BCUT2D eigenvalue weighted by Gasteiger charge is -2.15. The van der Waals surface area contributed by atoms with Gasteiger partial charge in [0, 0.05) is 41.9 Å². The van der Waals surface area contributed by atoms with Gasteiger partial charge in [-0.05, 0) is 78.0 Å². The summed E-state index contributed by atoms with van der Waals surface area (Å²) in [5.41, 5.74) is 4.44. The first-order chi connectivity index (χ1) is 21.0. The van der Waals surface area contributed by atoms with Crippen LogP contribution in [0, 0.1) is 10.1 Å². The van der Waals surface area contributed by atoms with E-state index in [0.717, 1.165) is 27.5 Å². The molecular formula is C31H22N6O4S2. The molecule has 212 valence electrons. The van der Waals surface area contributed by atoms with Crippen molar-refractivity contribution >= 4 is 74.0 Å². The number of non-ortho nitro benzene ring substituents is 1. The van der Waals surface area contributed by atoms with E-state index in [-0.39, 0.29) is 11.6 Å². The number of nitro groups is 1. The molecule has 0 spiro atoms. The SMILES string of the molecule is O=C1/C(=C/c2ccc(Sc3nc4ccccc4[nH]3)o2)SC(=Nc2ccc([N+](=O)[O-])cc2)N1CCc1c[nH]c2ccccc12. The van der Waals surface area contributed by atoms with E-state index in [0.29, 0.717) is 44.7 Å². The van der Waals surface area contributed by atoms with E-state index < -0.39 is 4.92 Å². The number of amides is 1. The number of carbonyl (C=O) groups is 1. The molecule has 12 heteroatoms. The zero-order chi connectivity index (χ0) is 29.3. The Bertz CT molecular complexity index is 2020. The molecule has 0 atom stereocenters. The van der Waals surface area contributed by atoms with Crippen LogP contribution in [0.15, 0.2) is 116 Å². The van der Waals surface area contributed by atoms with Crippen molar-refractivity contribution in [1.82, 2.24) is 19.9 Å². The second-order valence-electron chi connectivity index (χ2n) is 9.66. The van der Waals surface area contributed by atoms with Gasteiger partial charge >= 0.3 is 0 Å². The van der Waals surface area contributed by atoms with E-state index in [4.69, 9.17) is 9.41 Å². The van der Waals surface area contributed by atoms with Crippen LogP contribution in [0.1, 0.15) is 11.3 Å². The maximum Gasteiger partial charge on any atom is 0.269 e. The average Bonchev–Trinajstić information content (AvgIpc) is 3.79. The highest BCUT2D eigenvalue weighted by molar-refractivity contribution is 8.18. The van der Waals surface area contributed by atoms with E-state index in [1.807, 2.05) is 60.8 Å².